The zero-order valence-corrected chi connectivity index (χ0v) is 13.8. The van der Waals surface area contributed by atoms with E-state index in [1.807, 2.05) is 12.1 Å². The fourth-order valence-corrected chi connectivity index (χ4v) is 3.27. The highest BCUT2D eigenvalue weighted by molar-refractivity contribution is 5.76. The van der Waals surface area contributed by atoms with Gasteiger partial charge in [0, 0.05) is 30.4 Å². The van der Waals surface area contributed by atoms with Crippen LogP contribution in [0.15, 0.2) is 47.9 Å². The van der Waals surface area contributed by atoms with Crippen molar-refractivity contribution >= 4 is 11.6 Å². The minimum Gasteiger partial charge on any atom is -0.353 e. The van der Waals surface area contributed by atoms with Gasteiger partial charge in [-0.25, -0.2) is 4.98 Å². The number of amides is 1. The molecular formula is C19H23N3O2. The molecule has 0 radical (unpaired) electrons. The van der Waals surface area contributed by atoms with Crippen LogP contribution in [0.25, 0.3) is 5.65 Å². The number of aromatic nitrogens is 2. The van der Waals surface area contributed by atoms with Crippen LogP contribution in [0.1, 0.15) is 37.8 Å². The summed E-state index contributed by atoms with van der Waals surface area (Å²) >= 11 is 0. The fraction of sp³-hybridized carbons (Fsp3) is 0.421. The van der Waals surface area contributed by atoms with E-state index in [2.05, 4.69) is 16.9 Å². The van der Waals surface area contributed by atoms with E-state index >= 15 is 0 Å². The molecule has 126 valence electrons. The van der Waals surface area contributed by atoms with Gasteiger partial charge in [-0.15, -0.1) is 6.58 Å². The number of carbonyl (C=O) groups excluding carboxylic acids is 1. The second kappa shape index (κ2) is 7.43. The predicted molar refractivity (Wildman–Crippen MR) is 93.9 cm³/mol. The number of nitrogens with one attached hydrogen (secondary N) is 1. The molecule has 2 aromatic heterocycles. The number of fused-ring (bicyclic) bond motifs is 1. The zero-order valence-electron chi connectivity index (χ0n) is 13.8. The van der Waals surface area contributed by atoms with Crippen molar-refractivity contribution in [2.75, 3.05) is 0 Å². The van der Waals surface area contributed by atoms with Crippen LogP contribution < -0.4 is 10.9 Å². The van der Waals surface area contributed by atoms with E-state index in [9.17, 15) is 9.59 Å². The molecule has 3 rings (SSSR count). The van der Waals surface area contributed by atoms with E-state index < -0.39 is 0 Å². The van der Waals surface area contributed by atoms with E-state index in [1.54, 1.807) is 18.3 Å². The molecule has 1 fully saturated rings. The number of rotatable bonds is 5. The summed E-state index contributed by atoms with van der Waals surface area (Å²) in [5.74, 6) is 0.625. The van der Waals surface area contributed by atoms with Crippen molar-refractivity contribution < 1.29 is 4.79 Å². The van der Waals surface area contributed by atoms with Gasteiger partial charge in [-0.3, -0.25) is 14.0 Å². The maximum Gasteiger partial charge on any atom is 0.258 e. The Hall–Kier alpha value is -2.43. The highest BCUT2D eigenvalue weighted by atomic mass is 16.1. The van der Waals surface area contributed by atoms with E-state index in [0.717, 1.165) is 25.7 Å². The zero-order chi connectivity index (χ0) is 16.9. The summed E-state index contributed by atoms with van der Waals surface area (Å²) in [4.78, 5) is 28.6. The number of aryl methyl sites for hydroxylation is 1. The molecule has 0 aromatic carbocycles. The minimum atomic E-state index is -0.112. The Bertz CT molecular complexity index is 789. The van der Waals surface area contributed by atoms with Crippen molar-refractivity contribution in [3.05, 3.63) is 59.2 Å². The minimum absolute atomic E-state index is 0.0344. The molecule has 0 aliphatic heterocycles. The molecule has 5 heteroatoms. The first kappa shape index (κ1) is 16.4. The number of hydrogen-bond donors (Lipinski definition) is 1. The summed E-state index contributed by atoms with van der Waals surface area (Å²) in [6.07, 6.45) is 8.76. The smallest absolute Gasteiger partial charge is 0.258 e. The lowest BCUT2D eigenvalue weighted by molar-refractivity contribution is -0.122. The summed E-state index contributed by atoms with van der Waals surface area (Å²) in [5.41, 5.74) is 1.17. The third-order valence-electron chi connectivity index (χ3n) is 4.70. The van der Waals surface area contributed by atoms with Crippen LogP contribution in [0.5, 0.6) is 0 Å². The Morgan fingerprint density at radius 2 is 2.12 bits per heavy atom. The van der Waals surface area contributed by atoms with Gasteiger partial charge in [0.05, 0.1) is 0 Å². The lowest BCUT2D eigenvalue weighted by atomic mass is 9.86. The van der Waals surface area contributed by atoms with Crippen molar-refractivity contribution in [3.8, 4) is 0 Å². The summed E-state index contributed by atoms with van der Waals surface area (Å²) in [6.45, 7) is 3.84. The maximum atomic E-state index is 12.1. The topological polar surface area (TPSA) is 63.5 Å². The number of carbonyl (C=O) groups is 1. The SMILES string of the molecule is C=CC1CCC(NC(=O)CCc2cc(=O)n3ccccc3n2)CC1. The number of allylic oxidation sites excluding steroid dienone is 1. The summed E-state index contributed by atoms with van der Waals surface area (Å²) < 4.78 is 1.50. The Labute approximate surface area is 141 Å². The van der Waals surface area contributed by atoms with Gasteiger partial charge in [0.2, 0.25) is 5.91 Å². The van der Waals surface area contributed by atoms with Crippen LogP contribution in [0.3, 0.4) is 0 Å². The van der Waals surface area contributed by atoms with Crippen molar-refractivity contribution in [3.63, 3.8) is 0 Å². The molecule has 0 unspecified atom stereocenters. The molecule has 0 saturated heterocycles. The summed E-state index contributed by atoms with van der Waals surface area (Å²) in [6, 6.07) is 7.21. The van der Waals surface area contributed by atoms with Crippen LogP contribution in [-0.4, -0.2) is 21.3 Å². The molecular weight excluding hydrogens is 302 g/mol. The summed E-state index contributed by atoms with van der Waals surface area (Å²) in [5, 5.41) is 3.10. The molecule has 0 bridgehead atoms. The molecule has 1 N–H and O–H groups in total. The lowest BCUT2D eigenvalue weighted by Crippen LogP contribution is -2.37. The molecule has 2 heterocycles. The first-order valence-corrected chi connectivity index (χ1v) is 8.55. The molecule has 0 atom stereocenters. The van der Waals surface area contributed by atoms with Crippen LogP contribution >= 0.6 is 0 Å². The largest absolute Gasteiger partial charge is 0.353 e. The van der Waals surface area contributed by atoms with Crippen molar-refractivity contribution in [2.24, 2.45) is 5.92 Å². The molecule has 5 nitrogen and oxygen atoms in total. The first-order chi connectivity index (χ1) is 11.7. The second-order valence-electron chi connectivity index (χ2n) is 6.43. The van der Waals surface area contributed by atoms with Crippen molar-refractivity contribution in [1.29, 1.82) is 0 Å². The molecule has 1 amide bonds. The van der Waals surface area contributed by atoms with Gasteiger partial charge in [0.15, 0.2) is 0 Å². The molecule has 1 saturated carbocycles. The average Bonchev–Trinajstić information content (AvgIpc) is 2.61. The van der Waals surface area contributed by atoms with Crippen LogP contribution in [0.2, 0.25) is 0 Å². The van der Waals surface area contributed by atoms with Gasteiger partial charge in [-0.1, -0.05) is 12.1 Å². The number of pyridine rings is 1. The molecule has 24 heavy (non-hydrogen) atoms. The van der Waals surface area contributed by atoms with Crippen LogP contribution in [0, 0.1) is 5.92 Å². The number of hydrogen-bond acceptors (Lipinski definition) is 3. The summed E-state index contributed by atoms with van der Waals surface area (Å²) in [7, 11) is 0. The fourth-order valence-electron chi connectivity index (χ4n) is 3.27. The molecule has 0 spiro atoms. The van der Waals surface area contributed by atoms with Crippen molar-refractivity contribution in [2.45, 2.75) is 44.6 Å². The van der Waals surface area contributed by atoms with Gasteiger partial charge in [-0.05, 0) is 50.2 Å². The van der Waals surface area contributed by atoms with E-state index in [1.165, 1.54) is 10.5 Å². The second-order valence-corrected chi connectivity index (χ2v) is 6.43. The Morgan fingerprint density at radius 1 is 1.33 bits per heavy atom. The van der Waals surface area contributed by atoms with E-state index in [0.29, 0.717) is 30.1 Å². The number of nitrogens with zero attached hydrogens (tertiary/aromatic N) is 2. The molecule has 2 aromatic rings. The quantitative estimate of drug-likeness (QED) is 0.859. The monoisotopic (exact) mass is 325 g/mol. The van der Waals surface area contributed by atoms with Gasteiger partial charge in [-0.2, -0.15) is 0 Å². The van der Waals surface area contributed by atoms with E-state index in [4.69, 9.17) is 0 Å². The van der Waals surface area contributed by atoms with Crippen LogP contribution in [-0.2, 0) is 11.2 Å². The third kappa shape index (κ3) is 3.91. The first-order valence-electron chi connectivity index (χ1n) is 8.55. The molecule has 1 aliphatic carbocycles. The third-order valence-corrected chi connectivity index (χ3v) is 4.70. The Kier molecular flexibility index (Phi) is 5.08. The maximum absolute atomic E-state index is 12.1. The van der Waals surface area contributed by atoms with Gasteiger partial charge >= 0.3 is 0 Å². The Balaban J connectivity index is 1.55. The van der Waals surface area contributed by atoms with Crippen molar-refractivity contribution in [1.82, 2.24) is 14.7 Å². The molecule has 1 aliphatic rings. The average molecular weight is 325 g/mol. The van der Waals surface area contributed by atoms with Gasteiger partial charge in [0.1, 0.15) is 5.65 Å². The lowest BCUT2D eigenvalue weighted by Gasteiger charge is -2.27. The predicted octanol–water partition coefficient (Wildman–Crippen LogP) is 2.49. The van der Waals surface area contributed by atoms with Gasteiger partial charge < -0.3 is 5.32 Å². The van der Waals surface area contributed by atoms with E-state index in [-0.39, 0.29) is 17.5 Å². The van der Waals surface area contributed by atoms with Gasteiger partial charge in [0.25, 0.3) is 5.56 Å². The Morgan fingerprint density at radius 3 is 2.88 bits per heavy atom. The standard InChI is InChI=1S/C19H23N3O2/c1-2-14-6-8-15(9-7-14)21-18(23)11-10-16-13-19(24)22-12-4-3-5-17(22)20-16/h2-5,12-15H,1,6-11H2,(H,21,23). The normalized spacial score (nSPS) is 20.7. The highest BCUT2D eigenvalue weighted by Gasteiger charge is 2.20. The van der Waals surface area contributed by atoms with Crippen LogP contribution in [0.4, 0.5) is 0 Å². The highest BCUT2D eigenvalue weighted by Crippen LogP contribution is 2.24.